The standard InChI is InChI=1S/C11H13NO3/c1-14-11(13)10-9(3-2-4-12-10)5-8-6-15-7-8/h2-4,8H,5-7H2,1H3. The molecule has 1 aliphatic heterocycles. The van der Waals surface area contributed by atoms with Crippen molar-refractivity contribution in [2.45, 2.75) is 6.42 Å². The number of carbonyl (C=O) groups is 1. The van der Waals surface area contributed by atoms with Crippen LogP contribution in [0, 0.1) is 5.92 Å². The second-order valence-electron chi connectivity index (χ2n) is 3.61. The van der Waals surface area contributed by atoms with Crippen LogP contribution >= 0.6 is 0 Å². The molecule has 0 spiro atoms. The Balaban J connectivity index is 2.16. The number of esters is 1. The van der Waals surface area contributed by atoms with Crippen LogP contribution in [-0.2, 0) is 15.9 Å². The topological polar surface area (TPSA) is 48.4 Å². The van der Waals surface area contributed by atoms with E-state index in [2.05, 4.69) is 9.72 Å². The van der Waals surface area contributed by atoms with Crippen molar-refractivity contribution >= 4 is 5.97 Å². The number of pyridine rings is 1. The van der Waals surface area contributed by atoms with Gasteiger partial charge in [0, 0.05) is 12.1 Å². The van der Waals surface area contributed by atoms with Gasteiger partial charge in [-0.3, -0.25) is 0 Å². The molecule has 0 radical (unpaired) electrons. The van der Waals surface area contributed by atoms with Gasteiger partial charge in [-0.1, -0.05) is 6.07 Å². The van der Waals surface area contributed by atoms with E-state index < -0.39 is 0 Å². The van der Waals surface area contributed by atoms with Crippen molar-refractivity contribution in [1.82, 2.24) is 4.98 Å². The fraction of sp³-hybridized carbons (Fsp3) is 0.455. The molecule has 0 aliphatic carbocycles. The van der Waals surface area contributed by atoms with E-state index in [0.29, 0.717) is 11.6 Å². The van der Waals surface area contributed by atoms with Crippen molar-refractivity contribution in [3.8, 4) is 0 Å². The Morgan fingerprint density at radius 2 is 2.47 bits per heavy atom. The van der Waals surface area contributed by atoms with Gasteiger partial charge in [0.15, 0.2) is 5.69 Å². The molecule has 0 saturated carbocycles. The molecule has 1 saturated heterocycles. The first kappa shape index (κ1) is 10.1. The van der Waals surface area contributed by atoms with Gasteiger partial charge in [-0.05, 0) is 18.1 Å². The van der Waals surface area contributed by atoms with E-state index in [0.717, 1.165) is 25.2 Å². The van der Waals surface area contributed by atoms with Crippen LogP contribution < -0.4 is 0 Å². The highest BCUT2D eigenvalue weighted by Crippen LogP contribution is 2.18. The highest BCUT2D eigenvalue weighted by Gasteiger charge is 2.22. The first-order valence-electron chi connectivity index (χ1n) is 4.91. The van der Waals surface area contributed by atoms with Crippen LogP contribution in [0.3, 0.4) is 0 Å². The van der Waals surface area contributed by atoms with Crippen molar-refractivity contribution < 1.29 is 14.3 Å². The molecule has 80 valence electrons. The third-order valence-electron chi connectivity index (χ3n) is 2.49. The largest absolute Gasteiger partial charge is 0.464 e. The van der Waals surface area contributed by atoms with Crippen molar-refractivity contribution in [3.63, 3.8) is 0 Å². The van der Waals surface area contributed by atoms with Gasteiger partial charge < -0.3 is 9.47 Å². The molecule has 0 amide bonds. The van der Waals surface area contributed by atoms with Gasteiger partial charge in [0.1, 0.15) is 0 Å². The van der Waals surface area contributed by atoms with E-state index in [4.69, 9.17) is 4.74 Å². The molecule has 0 unspecified atom stereocenters. The average molecular weight is 207 g/mol. The number of hydrogen-bond donors (Lipinski definition) is 0. The summed E-state index contributed by atoms with van der Waals surface area (Å²) in [5.41, 5.74) is 1.37. The van der Waals surface area contributed by atoms with Gasteiger partial charge in [-0.25, -0.2) is 9.78 Å². The molecule has 4 nitrogen and oxygen atoms in total. The summed E-state index contributed by atoms with van der Waals surface area (Å²) in [6.07, 6.45) is 2.44. The zero-order valence-corrected chi connectivity index (χ0v) is 8.60. The maximum Gasteiger partial charge on any atom is 0.356 e. The number of rotatable bonds is 3. The van der Waals surface area contributed by atoms with E-state index in [1.165, 1.54) is 7.11 Å². The first-order chi connectivity index (χ1) is 7.31. The lowest BCUT2D eigenvalue weighted by Gasteiger charge is -2.26. The highest BCUT2D eigenvalue weighted by atomic mass is 16.5. The number of carbonyl (C=O) groups excluding carboxylic acids is 1. The molecule has 1 aromatic rings. The molecular weight excluding hydrogens is 194 g/mol. The second kappa shape index (κ2) is 4.40. The molecule has 0 atom stereocenters. The zero-order chi connectivity index (χ0) is 10.7. The molecule has 0 N–H and O–H groups in total. The lowest BCUT2D eigenvalue weighted by atomic mass is 9.97. The summed E-state index contributed by atoms with van der Waals surface area (Å²) in [6, 6.07) is 3.75. The molecule has 0 aromatic carbocycles. The minimum Gasteiger partial charge on any atom is -0.464 e. The van der Waals surface area contributed by atoms with Crippen LogP contribution in [0.25, 0.3) is 0 Å². The van der Waals surface area contributed by atoms with Crippen molar-refractivity contribution in [1.29, 1.82) is 0 Å². The van der Waals surface area contributed by atoms with Gasteiger partial charge >= 0.3 is 5.97 Å². The van der Waals surface area contributed by atoms with Gasteiger partial charge in [-0.2, -0.15) is 0 Å². The Morgan fingerprint density at radius 3 is 3.07 bits per heavy atom. The van der Waals surface area contributed by atoms with E-state index >= 15 is 0 Å². The molecule has 15 heavy (non-hydrogen) atoms. The Labute approximate surface area is 88.2 Å². The summed E-state index contributed by atoms with van der Waals surface area (Å²) in [4.78, 5) is 15.5. The summed E-state index contributed by atoms with van der Waals surface area (Å²) in [5, 5.41) is 0. The maximum atomic E-state index is 11.4. The number of hydrogen-bond acceptors (Lipinski definition) is 4. The minimum absolute atomic E-state index is 0.370. The first-order valence-corrected chi connectivity index (χ1v) is 4.91. The number of aromatic nitrogens is 1. The SMILES string of the molecule is COC(=O)c1ncccc1CC1COC1. The Kier molecular flexibility index (Phi) is 2.97. The summed E-state index contributed by atoms with van der Waals surface area (Å²) < 4.78 is 9.77. The van der Waals surface area contributed by atoms with Crippen molar-refractivity contribution in [2.75, 3.05) is 20.3 Å². The summed E-state index contributed by atoms with van der Waals surface area (Å²) in [5.74, 6) is 0.142. The van der Waals surface area contributed by atoms with Crippen LogP contribution in [0.15, 0.2) is 18.3 Å². The van der Waals surface area contributed by atoms with E-state index in [-0.39, 0.29) is 5.97 Å². The van der Waals surface area contributed by atoms with Gasteiger partial charge in [0.25, 0.3) is 0 Å². The molecule has 0 bridgehead atoms. The van der Waals surface area contributed by atoms with Crippen LogP contribution in [0.1, 0.15) is 16.1 Å². The van der Waals surface area contributed by atoms with E-state index in [9.17, 15) is 4.79 Å². The molecule has 2 heterocycles. The van der Waals surface area contributed by atoms with Gasteiger partial charge in [-0.15, -0.1) is 0 Å². The summed E-state index contributed by atoms with van der Waals surface area (Å²) >= 11 is 0. The molecule has 2 rings (SSSR count). The molecule has 1 aliphatic rings. The third kappa shape index (κ3) is 2.15. The average Bonchev–Trinajstić information content (AvgIpc) is 2.23. The summed E-state index contributed by atoms with van der Waals surface area (Å²) in [6.45, 7) is 1.55. The predicted molar refractivity (Wildman–Crippen MR) is 53.6 cm³/mol. The summed E-state index contributed by atoms with van der Waals surface area (Å²) in [7, 11) is 1.37. The normalized spacial score (nSPS) is 15.8. The Hall–Kier alpha value is -1.42. The van der Waals surface area contributed by atoms with Gasteiger partial charge in [0.05, 0.1) is 20.3 Å². The maximum absolute atomic E-state index is 11.4. The fourth-order valence-corrected chi connectivity index (χ4v) is 1.60. The number of methoxy groups -OCH3 is 1. The molecule has 1 aromatic heterocycles. The van der Waals surface area contributed by atoms with Crippen LogP contribution in [-0.4, -0.2) is 31.3 Å². The lowest BCUT2D eigenvalue weighted by Crippen LogP contribution is -2.30. The highest BCUT2D eigenvalue weighted by molar-refractivity contribution is 5.88. The molecular formula is C11H13NO3. The zero-order valence-electron chi connectivity index (χ0n) is 8.60. The minimum atomic E-state index is -0.370. The number of nitrogens with zero attached hydrogens (tertiary/aromatic N) is 1. The van der Waals surface area contributed by atoms with Crippen LogP contribution in [0.4, 0.5) is 0 Å². The smallest absolute Gasteiger partial charge is 0.356 e. The van der Waals surface area contributed by atoms with Crippen LogP contribution in [0.2, 0.25) is 0 Å². The monoisotopic (exact) mass is 207 g/mol. The predicted octanol–water partition coefficient (Wildman–Crippen LogP) is 1.06. The third-order valence-corrected chi connectivity index (χ3v) is 2.49. The molecule has 1 fully saturated rings. The quantitative estimate of drug-likeness (QED) is 0.695. The second-order valence-corrected chi connectivity index (χ2v) is 3.61. The number of ether oxygens (including phenoxy) is 2. The van der Waals surface area contributed by atoms with Crippen LogP contribution in [0.5, 0.6) is 0 Å². The van der Waals surface area contributed by atoms with Crippen molar-refractivity contribution in [2.24, 2.45) is 5.92 Å². The van der Waals surface area contributed by atoms with Gasteiger partial charge in [0.2, 0.25) is 0 Å². The van der Waals surface area contributed by atoms with Crippen molar-refractivity contribution in [3.05, 3.63) is 29.6 Å². The van der Waals surface area contributed by atoms with E-state index in [1.807, 2.05) is 12.1 Å². The van der Waals surface area contributed by atoms with E-state index in [1.54, 1.807) is 6.20 Å². The Morgan fingerprint density at radius 1 is 1.67 bits per heavy atom. The lowest BCUT2D eigenvalue weighted by molar-refractivity contribution is -0.0313. The fourth-order valence-electron chi connectivity index (χ4n) is 1.60. The Bertz CT molecular complexity index is 361. The molecule has 4 heteroatoms.